The molecule has 2 N–H and O–H groups in total. The Morgan fingerprint density at radius 1 is 1.25 bits per heavy atom. The standard InChI is InChI=1S/C13H19N3O2S2/c1-15(12-8-4-3-7-11(12)13(14)19)20(17,18)16-9-5-2-6-10-16/h3-4,7-8H,2,5-6,9-10H2,1H3,(H2,14,19). The van der Waals surface area contributed by atoms with Crippen LogP contribution in [0.1, 0.15) is 24.8 Å². The molecule has 0 unspecified atom stereocenters. The number of para-hydroxylation sites is 1. The van der Waals surface area contributed by atoms with Gasteiger partial charge in [0.05, 0.1) is 5.69 Å². The van der Waals surface area contributed by atoms with Crippen molar-refractivity contribution in [3.63, 3.8) is 0 Å². The molecule has 1 saturated heterocycles. The number of hydrogen-bond donors (Lipinski definition) is 1. The minimum absolute atomic E-state index is 0.196. The molecule has 0 saturated carbocycles. The number of piperidine rings is 1. The summed E-state index contributed by atoms with van der Waals surface area (Å²) in [5, 5.41) is 0. The lowest BCUT2D eigenvalue weighted by Gasteiger charge is -2.31. The molecule has 1 aliphatic rings. The Kier molecular flexibility index (Phi) is 4.62. The van der Waals surface area contributed by atoms with Gasteiger partial charge >= 0.3 is 10.2 Å². The fourth-order valence-corrected chi connectivity index (χ4v) is 4.00. The Labute approximate surface area is 125 Å². The average Bonchev–Trinajstić information content (AvgIpc) is 2.47. The maximum Gasteiger partial charge on any atom is 0.303 e. The Hall–Kier alpha value is -1.18. The third-order valence-corrected chi connectivity index (χ3v) is 5.62. The first-order valence-electron chi connectivity index (χ1n) is 6.57. The first kappa shape index (κ1) is 15.2. The van der Waals surface area contributed by atoms with E-state index in [1.807, 2.05) is 0 Å². The van der Waals surface area contributed by atoms with Gasteiger partial charge in [-0.15, -0.1) is 0 Å². The predicted octanol–water partition coefficient (Wildman–Crippen LogP) is 1.49. The molecule has 2 rings (SSSR count). The summed E-state index contributed by atoms with van der Waals surface area (Å²) in [6.45, 7) is 1.14. The highest BCUT2D eigenvalue weighted by Crippen LogP contribution is 2.25. The lowest BCUT2D eigenvalue weighted by Crippen LogP contribution is -2.44. The summed E-state index contributed by atoms with van der Waals surface area (Å²) in [4.78, 5) is 0.196. The highest BCUT2D eigenvalue weighted by molar-refractivity contribution is 7.90. The lowest BCUT2D eigenvalue weighted by atomic mass is 10.2. The number of nitrogens with zero attached hydrogens (tertiary/aromatic N) is 2. The average molecular weight is 313 g/mol. The van der Waals surface area contributed by atoms with Crippen LogP contribution < -0.4 is 10.0 Å². The van der Waals surface area contributed by atoms with Gasteiger partial charge in [-0.05, 0) is 25.0 Å². The number of thiocarbonyl (C=S) groups is 1. The maximum atomic E-state index is 12.6. The fraction of sp³-hybridized carbons (Fsp3) is 0.462. The molecule has 110 valence electrons. The zero-order chi connectivity index (χ0) is 14.8. The second-order valence-corrected chi connectivity index (χ2v) is 7.22. The topological polar surface area (TPSA) is 66.6 Å². The quantitative estimate of drug-likeness (QED) is 0.855. The molecule has 0 amide bonds. The summed E-state index contributed by atoms with van der Waals surface area (Å²) in [5.74, 6) is 0. The van der Waals surface area contributed by atoms with E-state index >= 15 is 0 Å². The molecule has 0 atom stereocenters. The maximum absolute atomic E-state index is 12.6. The third kappa shape index (κ3) is 2.94. The summed E-state index contributed by atoms with van der Waals surface area (Å²) < 4.78 is 28.0. The lowest BCUT2D eigenvalue weighted by molar-refractivity contribution is 0.346. The molecule has 0 radical (unpaired) electrons. The highest BCUT2D eigenvalue weighted by atomic mass is 32.2. The monoisotopic (exact) mass is 313 g/mol. The van der Waals surface area contributed by atoms with Crippen molar-refractivity contribution in [3.05, 3.63) is 29.8 Å². The first-order valence-corrected chi connectivity index (χ1v) is 8.38. The van der Waals surface area contributed by atoms with Crippen molar-refractivity contribution in [1.29, 1.82) is 0 Å². The van der Waals surface area contributed by atoms with E-state index in [0.717, 1.165) is 19.3 Å². The molecular formula is C13H19N3O2S2. The Morgan fingerprint density at radius 3 is 2.45 bits per heavy atom. The van der Waals surface area contributed by atoms with Gasteiger partial charge in [0, 0.05) is 25.7 Å². The van der Waals surface area contributed by atoms with Crippen LogP contribution in [0.2, 0.25) is 0 Å². The second kappa shape index (κ2) is 6.07. The van der Waals surface area contributed by atoms with Crippen LogP contribution in [0.4, 0.5) is 5.69 Å². The van der Waals surface area contributed by atoms with Crippen LogP contribution in [0.15, 0.2) is 24.3 Å². The minimum atomic E-state index is -3.52. The zero-order valence-electron chi connectivity index (χ0n) is 11.4. The summed E-state index contributed by atoms with van der Waals surface area (Å²) >= 11 is 4.99. The van der Waals surface area contributed by atoms with Gasteiger partial charge in [-0.3, -0.25) is 4.31 Å². The van der Waals surface area contributed by atoms with Crippen LogP contribution in [0.3, 0.4) is 0 Å². The van der Waals surface area contributed by atoms with Gasteiger partial charge in [0.1, 0.15) is 4.99 Å². The van der Waals surface area contributed by atoms with Gasteiger partial charge in [-0.25, -0.2) is 0 Å². The summed E-state index contributed by atoms with van der Waals surface area (Å²) in [5.41, 5.74) is 6.76. The molecule has 1 fully saturated rings. The van der Waals surface area contributed by atoms with E-state index in [0.29, 0.717) is 24.3 Å². The molecule has 0 spiro atoms. The Bertz CT molecular complexity index is 595. The van der Waals surface area contributed by atoms with Gasteiger partial charge in [0.15, 0.2) is 0 Å². The Balaban J connectivity index is 2.35. The number of nitrogens with two attached hydrogens (primary N) is 1. The first-order chi connectivity index (χ1) is 9.44. The molecular weight excluding hydrogens is 294 g/mol. The smallest absolute Gasteiger partial charge is 0.303 e. The van der Waals surface area contributed by atoms with E-state index in [9.17, 15) is 8.42 Å². The van der Waals surface area contributed by atoms with E-state index in [-0.39, 0.29) is 4.99 Å². The van der Waals surface area contributed by atoms with Crippen molar-refractivity contribution >= 4 is 33.1 Å². The number of anilines is 1. The molecule has 1 aromatic rings. The van der Waals surface area contributed by atoms with Crippen LogP contribution in [-0.4, -0.2) is 37.8 Å². The van der Waals surface area contributed by atoms with Crippen molar-refractivity contribution in [2.45, 2.75) is 19.3 Å². The van der Waals surface area contributed by atoms with Crippen LogP contribution in [0, 0.1) is 0 Å². The molecule has 1 aromatic carbocycles. The van der Waals surface area contributed by atoms with Gasteiger partial charge in [-0.1, -0.05) is 30.8 Å². The van der Waals surface area contributed by atoms with Gasteiger partial charge in [-0.2, -0.15) is 12.7 Å². The largest absolute Gasteiger partial charge is 0.389 e. The predicted molar refractivity (Wildman–Crippen MR) is 85.1 cm³/mol. The minimum Gasteiger partial charge on any atom is -0.389 e. The van der Waals surface area contributed by atoms with Crippen molar-refractivity contribution in [3.8, 4) is 0 Å². The van der Waals surface area contributed by atoms with Crippen LogP contribution in [0.25, 0.3) is 0 Å². The third-order valence-electron chi connectivity index (χ3n) is 3.50. The number of benzene rings is 1. The van der Waals surface area contributed by atoms with E-state index in [1.165, 1.54) is 8.61 Å². The van der Waals surface area contributed by atoms with Crippen LogP contribution in [0.5, 0.6) is 0 Å². The number of hydrogen-bond acceptors (Lipinski definition) is 3. The molecule has 0 aliphatic carbocycles. The zero-order valence-corrected chi connectivity index (χ0v) is 13.1. The van der Waals surface area contributed by atoms with Crippen molar-refractivity contribution < 1.29 is 8.42 Å². The Morgan fingerprint density at radius 2 is 1.85 bits per heavy atom. The van der Waals surface area contributed by atoms with Crippen LogP contribution in [-0.2, 0) is 10.2 Å². The van der Waals surface area contributed by atoms with Crippen molar-refractivity contribution in [1.82, 2.24) is 4.31 Å². The highest BCUT2D eigenvalue weighted by Gasteiger charge is 2.29. The van der Waals surface area contributed by atoms with E-state index in [1.54, 1.807) is 31.3 Å². The van der Waals surface area contributed by atoms with Gasteiger partial charge < -0.3 is 5.73 Å². The molecule has 1 aliphatic heterocycles. The summed E-state index contributed by atoms with van der Waals surface area (Å²) in [6, 6.07) is 7.02. The van der Waals surface area contributed by atoms with Crippen molar-refractivity contribution in [2.24, 2.45) is 5.73 Å². The molecule has 5 nitrogen and oxygen atoms in total. The van der Waals surface area contributed by atoms with Crippen molar-refractivity contribution in [2.75, 3.05) is 24.4 Å². The van der Waals surface area contributed by atoms with E-state index in [2.05, 4.69) is 0 Å². The molecule has 0 bridgehead atoms. The fourth-order valence-electron chi connectivity index (χ4n) is 2.35. The molecule has 0 aromatic heterocycles. The van der Waals surface area contributed by atoms with E-state index < -0.39 is 10.2 Å². The molecule has 7 heteroatoms. The van der Waals surface area contributed by atoms with E-state index in [4.69, 9.17) is 18.0 Å². The van der Waals surface area contributed by atoms with Gasteiger partial charge in [0.25, 0.3) is 0 Å². The second-order valence-electron chi connectivity index (χ2n) is 4.82. The molecule has 20 heavy (non-hydrogen) atoms. The summed E-state index contributed by atoms with van der Waals surface area (Å²) in [7, 11) is -1.98. The molecule has 1 heterocycles. The van der Waals surface area contributed by atoms with Gasteiger partial charge in [0.2, 0.25) is 0 Å². The SMILES string of the molecule is CN(c1ccccc1C(N)=S)S(=O)(=O)N1CCCCC1. The summed E-state index contributed by atoms with van der Waals surface area (Å²) in [6.07, 6.45) is 2.90. The van der Waals surface area contributed by atoms with Crippen LogP contribution >= 0.6 is 12.2 Å². The normalized spacial score (nSPS) is 16.9. The number of rotatable bonds is 4.